The van der Waals surface area contributed by atoms with Crippen LogP contribution >= 0.6 is 11.3 Å². The van der Waals surface area contributed by atoms with Crippen molar-refractivity contribution < 1.29 is 13.2 Å². The zero-order valence-corrected chi connectivity index (χ0v) is 19.9. The van der Waals surface area contributed by atoms with Gasteiger partial charge in [0.15, 0.2) is 0 Å². The number of morpholine rings is 1. The van der Waals surface area contributed by atoms with Gasteiger partial charge in [0.05, 0.1) is 29.7 Å². The number of aromatic nitrogens is 4. The third kappa shape index (κ3) is 4.85. The topological polar surface area (TPSA) is 148 Å². The van der Waals surface area contributed by atoms with Crippen LogP contribution in [0, 0.1) is 0 Å². The number of hydrogen-bond donors (Lipinski definition) is 3. The minimum absolute atomic E-state index is 0.307. The number of rotatable bonds is 6. The van der Waals surface area contributed by atoms with Crippen LogP contribution < -0.4 is 20.7 Å². The molecule has 1 aromatic carbocycles. The molecule has 0 amide bonds. The molecule has 0 aliphatic carbocycles. The van der Waals surface area contributed by atoms with Crippen LogP contribution in [0.4, 0.5) is 29.1 Å². The van der Waals surface area contributed by atoms with Crippen LogP contribution in [-0.4, -0.2) is 60.9 Å². The van der Waals surface area contributed by atoms with E-state index < -0.39 is 10.0 Å². The Bertz CT molecular complexity index is 1450. The summed E-state index contributed by atoms with van der Waals surface area (Å²) in [4.78, 5) is 19.9. The van der Waals surface area contributed by atoms with Gasteiger partial charge >= 0.3 is 0 Å². The van der Waals surface area contributed by atoms with Crippen LogP contribution in [-0.2, 0) is 14.8 Å². The van der Waals surface area contributed by atoms with Crippen molar-refractivity contribution in [3.63, 3.8) is 0 Å². The van der Waals surface area contributed by atoms with E-state index in [2.05, 4.69) is 34.9 Å². The van der Waals surface area contributed by atoms with E-state index in [-0.39, 0.29) is 0 Å². The van der Waals surface area contributed by atoms with Crippen molar-refractivity contribution in [2.75, 3.05) is 53.2 Å². The van der Waals surface area contributed by atoms with Gasteiger partial charge in [0.2, 0.25) is 16.0 Å². The highest BCUT2D eigenvalue weighted by atomic mass is 32.2. The predicted octanol–water partition coefficient (Wildman–Crippen LogP) is 2.68. The highest BCUT2D eigenvalue weighted by molar-refractivity contribution is 7.92. The third-order valence-corrected chi connectivity index (χ3v) is 6.74. The van der Waals surface area contributed by atoms with Crippen molar-refractivity contribution in [2.45, 2.75) is 0 Å². The first kappa shape index (κ1) is 22.3. The summed E-state index contributed by atoms with van der Waals surface area (Å²) < 4.78 is 31.9. The first-order valence-corrected chi connectivity index (χ1v) is 13.2. The number of nitrogen functional groups attached to an aromatic ring is 1. The van der Waals surface area contributed by atoms with Gasteiger partial charge in [0.25, 0.3) is 0 Å². The first-order valence-electron chi connectivity index (χ1n) is 10.4. The van der Waals surface area contributed by atoms with E-state index in [0.29, 0.717) is 42.0 Å². The second kappa shape index (κ2) is 9.00. The minimum Gasteiger partial charge on any atom is -0.382 e. The van der Waals surface area contributed by atoms with Crippen LogP contribution in [0.3, 0.4) is 0 Å². The molecular formula is C21H22N8O3S2. The van der Waals surface area contributed by atoms with Gasteiger partial charge in [-0.1, -0.05) is 12.1 Å². The summed E-state index contributed by atoms with van der Waals surface area (Å²) in [7, 11) is -3.39. The van der Waals surface area contributed by atoms with Crippen LogP contribution in [0.15, 0.2) is 42.0 Å². The third-order valence-electron chi connectivity index (χ3n) is 5.15. The summed E-state index contributed by atoms with van der Waals surface area (Å²) in [5.41, 5.74) is 9.00. The summed E-state index contributed by atoms with van der Waals surface area (Å²) >= 11 is 1.43. The van der Waals surface area contributed by atoms with E-state index in [1.165, 1.54) is 17.7 Å². The zero-order valence-electron chi connectivity index (χ0n) is 18.2. The van der Waals surface area contributed by atoms with Gasteiger partial charge < -0.3 is 20.7 Å². The average Bonchev–Trinajstić information content (AvgIpc) is 3.23. The van der Waals surface area contributed by atoms with E-state index in [4.69, 9.17) is 10.5 Å². The Balaban J connectivity index is 1.47. The summed E-state index contributed by atoms with van der Waals surface area (Å²) in [6.45, 7) is 2.84. The molecule has 0 saturated carbocycles. The molecule has 11 nitrogen and oxygen atoms in total. The molecule has 176 valence electrons. The maximum atomic E-state index is 11.6. The Morgan fingerprint density at radius 2 is 1.97 bits per heavy atom. The molecule has 13 heteroatoms. The molecule has 0 unspecified atom stereocenters. The number of anilines is 5. The second-order valence-corrected chi connectivity index (χ2v) is 10.3. The molecule has 4 heterocycles. The fraction of sp³-hybridized carbons (Fsp3) is 0.238. The Morgan fingerprint density at radius 1 is 1.15 bits per heavy atom. The second-order valence-electron chi connectivity index (χ2n) is 7.70. The van der Waals surface area contributed by atoms with E-state index in [0.717, 1.165) is 41.0 Å². The lowest BCUT2D eigenvalue weighted by atomic mass is 10.1. The monoisotopic (exact) mass is 498 g/mol. The number of nitrogens with zero attached hydrogens (tertiary/aromatic N) is 5. The number of ether oxygens (including phenoxy) is 1. The number of thiophene rings is 1. The fourth-order valence-electron chi connectivity index (χ4n) is 3.66. The number of nitrogens with one attached hydrogen (secondary N) is 2. The lowest BCUT2D eigenvalue weighted by Crippen LogP contribution is -2.36. The molecule has 5 rings (SSSR count). The molecule has 0 bridgehead atoms. The standard InChI is InChI=1S/C21H22N8O3S2/c1-34(30,31)28-14-4-2-3-13(9-14)15-11-33-19-18(15)26-21(27-20(19)22)25-16-10-17(24-12-23-16)29-5-7-32-8-6-29/h2-4,9-12,28H,5-8H2,1H3,(H3,22,23,24,25,26,27). The van der Waals surface area contributed by atoms with Gasteiger partial charge in [-0.3, -0.25) is 4.72 Å². The summed E-state index contributed by atoms with van der Waals surface area (Å²) in [5.74, 6) is 1.99. The highest BCUT2D eigenvalue weighted by Gasteiger charge is 2.16. The first-order chi connectivity index (χ1) is 16.4. The quantitative estimate of drug-likeness (QED) is 0.362. The van der Waals surface area contributed by atoms with Crippen molar-refractivity contribution in [2.24, 2.45) is 0 Å². The molecule has 1 aliphatic rings. The summed E-state index contributed by atoms with van der Waals surface area (Å²) in [6, 6.07) is 8.96. The molecule has 1 fully saturated rings. The SMILES string of the molecule is CS(=O)(=O)Nc1cccc(-c2csc3c(N)nc(Nc4cc(N5CCOCC5)ncn4)nc23)c1. The van der Waals surface area contributed by atoms with Crippen LogP contribution in [0.2, 0.25) is 0 Å². The smallest absolute Gasteiger partial charge is 0.231 e. The molecule has 0 radical (unpaired) electrons. The molecular weight excluding hydrogens is 476 g/mol. The Hall–Kier alpha value is -3.55. The van der Waals surface area contributed by atoms with Crippen LogP contribution in [0.1, 0.15) is 0 Å². The fourth-order valence-corrected chi connectivity index (χ4v) is 5.13. The maximum absolute atomic E-state index is 11.6. The lowest BCUT2D eigenvalue weighted by Gasteiger charge is -2.27. The molecule has 4 N–H and O–H groups in total. The molecule has 4 aromatic rings. The maximum Gasteiger partial charge on any atom is 0.231 e. The van der Waals surface area contributed by atoms with E-state index in [1.54, 1.807) is 18.2 Å². The van der Waals surface area contributed by atoms with E-state index >= 15 is 0 Å². The van der Waals surface area contributed by atoms with Crippen LogP contribution in [0.5, 0.6) is 0 Å². The number of hydrogen-bond acceptors (Lipinski definition) is 11. The van der Waals surface area contributed by atoms with Crippen LogP contribution in [0.25, 0.3) is 21.3 Å². The number of fused-ring (bicyclic) bond motifs is 1. The van der Waals surface area contributed by atoms with Gasteiger partial charge in [0.1, 0.15) is 23.8 Å². The normalized spacial score (nSPS) is 14.3. The van der Waals surface area contributed by atoms with Crippen molar-refractivity contribution >= 4 is 60.7 Å². The molecule has 0 spiro atoms. The molecule has 3 aromatic heterocycles. The van der Waals surface area contributed by atoms with Crippen molar-refractivity contribution in [1.82, 2.24) is 19.9 Å². The van der Waals surface area contributed by atoms with Gasteiger partial charge in [-0.05, 0) is 17.7 Å². The Morgan fingerprint density at radius 3 is 2.76 bits per heavy atom. The van der Waals surface area contributed by atoms with Gasteiger partial charge in [-0.25, -0.2) is 23.4 Å². The number of nitrogens with two attached hydrogens (primary N) is 1. The number of benzene rings is 1. The van der Waals surface area contributed by atoms with Crippen molar-refractivity contribution in [3.8, 4) is 11.1 Å². The molecule has 1 aliphatic heterocycles. The Labute approximate surface area is 200 Å². The number of sulfonamides is 1. The van der Waals surface area contributed by atoms with Gasteiger partial charge in [0, 0.05) is 35.8 Å². The predicted molar refractivity (Wildman–Crippen MR) is 134 cm³/mol. The highest BCUT2D eigenvalue weighted by Crippen LogP contribution is 2.37. The van der Waals surface area contributed by atoms with E-state index in [1.807, 2.05) is 17.5 Å². The van der Waals surface area contributed by atoms with Gasteiger partial charge in [-0.15, -0.1) is 11.3 Å². The summed E-state index contributed by atoms with van der Waals surface area (Å²) in [6.07, 6.45) is 2.61. The lowest BCUT2D eigenvalue weighted by molar-refractivity contribution is 0.122. The minimum atomic E-state index is -3.39. The van der Waals surface area contributed by atoms with E-state index in [9.17, 15) is 8.42 Å². The molecule has 0 atom stereocenters. The average molecular weight is 499 g/mol. The molecule has 34 heavy (non-hydrogen) atoms. The largest absolute Gasteiger partial charge is 0.382 e. The summed E-state index contributed by atoms with van der Waals surface area (Å²) in [5, 5.41) is 5.06. The zero-order chi connectivity index (χ0) is 23.7. The Kier molecular flexibility index (Phi) is 5.89. The molecule has 1 saturated heterocycles. The van der Waals surface area contributed by atoms with Crippen molar-refractivity contribution in [1.29, 1.82) is 0 Å². The van der Waals surface area contributed by atoms with Gasteiger partial charge in [-0.2, -0.15) is 4.98 Å². The van der Waals surface area contributed by atoms with Crippen molar-refractivity contribution in [3.05, 3.63) is 42.0 Å².